The minimum atomic E-state index is -4.29. The van der Waals surface area contributed by atoms with E-state index in [4.69, 9.17) is 10.1 Å². The Labute approximate surface area is 99.4 Å². The fourth-order valence-electron chi connectivity index (χ4n) is 1.32. The van der Waals surface area contributed by atoms with Gasteiger partial charge in [0.05, 0.1) is 5.76 Å². The fraction of sp³-hybridized carbons (Fsp3) is 0.750. The molecule has 1 rings (SSSR count). The Bertz CT molecular complexity index is 303. The fourth-order valence-corrected chi connectivity index (χ4v) is 1.32. The maximum atomic E-state index is 12.0. The first-order valence-electron chi connectivity index (χ1n) is 5.76. The highest BCUT2D eigenvalue weighted by atomic mass is 19.4. The minimum Gasteiger partial charge on any atom is -0.488 e. The number of nitrogens with one attached hydrogen (secondary N) is 1. The van der Waals surface area contributed by atoms with Crippen molar-refractivity contribution >= 4 is 5.71 Å². The van der Waals surface area contributed by atoms with Gasteiger partial charge in [0.1, 0.15) is 0 Å². The molecule has 0 saturated heterocycles. The monoisotopic (exact) mass is 249 g/mol. The van der Waals surface area contributed by atoms with Crippen LogP contribution in [-0.4, -0.2) is 18.5 Å². The molecule has 1 saturated carbocycles. The van der Waals surface area contributed by atoms with Gasteiger partial charge in [-0.25, -0.2) is 0 Å². The highest BCUT2D eigenvalue weighted by Gasteiger charge is 2.33. The Hall–Kier alpha value is -1.00. The zero-order valence-electron chi connectivity index (χ0n) is 10.1. The van der Waals surface area contributed by atoms with Crippen LogP contribution in [0.15, 0.2) is 11.8 Å². The van der Waals surface area contributed by atoms with Crippen molar-refractivity contribution in [2.45, 2.75) is 39.3 Å². The molecular formula is C12H18F3NO. The van der Waals surface area contributed by atoms with Gasteiger partial charge in [0.15, 0.2) is 6.61 Å². The lowest BCUT2D eigenvalue weighted by Gasteiger charge is -2.12. The molecule has 2 nitrogen and oxygen atoms in total. The topological polar surface area (TPSA) is 33.1 Å². The van der Waals surface area contributed by atoms with Gasteiger partial charge in [-0.2, -0.15) is 13.2 Å². The van der Waals surface area contributed by atoms with Crippen molar-refractivity contribution in [2.24, 2.45) is 11.8 Å². The second-order valence-electron chi connectivity index (χ2n) is 4.67. The average Bonchev–Trinajstić information content (AvgIpc) is 2.99. The van der Waals surface area contributed by atoms with E-state index in [1.54, 1.807) is 6.08 Å². The Kier molecular flexibility index (Phi) is 4.60. The summed E-state index contributed by atoms with van der Waals surface area (Å²) >= 11 is 0. The summed E-state index contributed by atoms with van der Waals surface area (Å²) in [7, 11) is 0. The van der Waals surface area contributed by atoms with E-state index in [1.807, 2.05) is 13.8 Å². The third kappa shape index (κ3) is 5.75. The van der Waals surface area contributed by atoms with Crippen molar-refractivity contribution < 1.29 is 17.9 Å². The third-order valence-corrected chi connectivity index (χ3v) is 2.60. The van der Waals surface area contributed by atoms with Gasteiger partial charge in [-0.1, -0.05) is 13.8 Å². The summed E-state index contributed by atoms with van der Waals surface area (Å²) in [5, 5.41) is 7.63. The van der Waals surface area contributed by atoms with Crippen LogP contribution in [0.5, 0.6) is 0 Å². The van der Waals surface area contributed by atoms with Crippen LogP contribution in [0.2, 0.25) is 0 Å². The quantitative estimate of drug-likeness (QED) is 0.561. The molecule has 0 radical (unpaired) electrons. The molecule has 17 heavy (non-hydrogen) atoms. The second-order valence-corrected chi connectivity index (χ2v) is 4.67. The van der Waals surface area contributed by atoms with Gasteiger partial charge < -0.3 is 10.1 Å². The van der Waals surface area contributed by atoms with Crippen LogP contribution in [0.25, 0.3) is 0 Å². The van der Waals surface area contributed by atoms with Crippen LogP contribution in [0.4, 0.5) is 13.2 Å². The van der Waals surface area contributed by atoms with Gasteiger partial charge in [-0.05, 0) is 24.8 Å². The zero-order valence-corrected chi connectivity index (χ0v) is 10.1. The lowest BCUT2D eigenvalue weighted by molar-refractivity contribution is -0.165. The summed E-state index contributed by atoms with van der Waals surface area (Å²) < 4.78 is 40.9. The third-order valence-electron chi connectivity index (χ3n) is 2.60. The SMILES string of the molecule is CC(C)C(=N)C/C=C(/OCC(F)(F)F)C1CC1. The molecule has 1 fully saturated rings. The van der Waals surface area contributed by atoms with Gasteiger partial charge in [0, 0.05) is 18.1 Å². The standard InChI is InChI=1S/C12H18F3NO/c1-8(2)10(16)5-6-11(9-3-4-9)17-7-12(13,14)15/h6,8-9,16H,3-5,7H2,1-2H3/b11-6+,16-10?. The molecule has 1 aliphatic carbocycles. The van der Waals surface area contributed by atoms with Crippen molar-refractivity contribution in [2.75, 3.05) is 6.61 Å². The number of alkyl halides is 3. The summed E-state index contributed by atoms with van der Waals surface area (Å²) in [6.07, 6.45) is -0.510. The maximum absolute atomic E-state index is 12.0. The summed E-state index contributed by atoms with van der Waals surface area (Å²) in [4.78, 5) is 0. The summed E-state index contributed by atoms with van der Waals surface area (Å²) in [5.41, 5.74) is 0.513. The molecule has 5 heteroatoms. The molecular weight excluding hydrogens is 231 g/mol. The normalized spacial score (nSPS) is 17.4. The Balaban J connectivity index is 2.48. The molecule has 1 aliphatic rings. The highest BCUT2D eigenvalue weighted by molar-refractivity contribution is 5.84. The number of ether oxygens (including phenoxy) is 1. The minimum absolute atomic E-state index is 0.120. The molecule has 0 unspecified atom stereocenters. The van der Waals surface area contributed by atoms with Crippen LogP contribution >= 0.6 is 0 Å². The smallest absolute Gasteiger partial charge is 0.422 e. The predicted octanol–water partition coefficient (Wildman–Crippen LogP) is 3.93. The van der Waals surface area contributed by atoms with Crippen molar-refractivity contribution in [3.8, 4) is 0 Å². The van der Waals surface area contributed by atoms with Crippen LogP contribution < -0.4 is 0 Å². The van der Waals surface area contributed by atoms with E-state index in [0.29, 0.717) is 17.9 Å². The number of rotatable bonds is 6. The van der Waals surface area contributed by atoms with Gasteiger partial charge in [0.2, 0.25) is 0 Å². The molecule has 0 aliphatic heterocycles. The molecule has 1 N–H and O–H groups in total. The molecule has 0 spiro atoms. The van der Waals surface area contributed by atoms with Gasteiger partial charge in [-0.3, -0.25) is 0 Å². The van der Waals surface area contributed by atoms with E-state index in [2.05, 4.69) is 0 Å². The zero-order chi connectivity index (χ0) is 13.1. The van der Waals surface area contributed by atoms with E-state index in [9.17, 15) is 13.2 Å². The van der Waals surface area contributed by atoms with E-state index in [1.165, 1.54) is 0 Å². The first kappa shape index (κ1) is 14.1. The predicted molar refractivity (Wildman–Crippen MR) is 60.0 cm³/mol. The van der Waals surface area contributed by atoms with Crippen molar-refractivity contribution in [1.29, 1.82) is 5.41 Å². The second kappa shape index (κ2) is 5.56. The van der Waals surface area contributed by atoms with Crippen LogP contribution in [0.3, 0.4) is 0 Å². The highest BCUT2D eigenvalue weighted by Crippen LogP contribution is 2.38. The molecule has 0 aromatic carbocycles. The largest absolute Gasteiger partial charge is 0.488 e. The first-order chi connectivity index (χ1) is 7.79. The summed E-state index contributed by atoms with van der Waals surface area (Å²) in [6, 6.07) is 0. The maximum Gasteiger partial charge on any atom is 0.422 e. The molecule has 0 amide bonds. The molecule has 0 atom stereocenters. The molecule has 98 valence electrons. The number of halogens is 3. The van der Waals surface area contributed by atoms with Gasteiger partial charge in [-0.15, -0.1) is 0 Å². The van der Waals surface area contributed by atoms with Crippen LogP contribution in [0.1, 0.15) is 33.1 Å². The van der Waals surface area contributed by atoms with Crippen LogP contribution in [-0.2, 0) is 4.74 Å². The number of hydrogen-bond donors (Lipinski definition) is 1. The lowest BCUT2D eigenvalue weighted by atomic mass is 10.0. The summed E-state index contributed by atoms with van der Waals surface area (Å²) in [5.74, 6) is 0.666. The average molecular weight is 249 g/mol. The Morgan fingerprint density at radius 3 is 2.41 bits per heavy atom. The number of allylic oxidation sites excluding steroid dienone is 2. The van der Waals surface area contributed by atoms with Gasteiger partial charge in [0.25, 0.3) is 0 Å². The van der Waals surface area contributed by atoms with Crippen molar-refractivity contribution in [3.63, 3.8) is 0 Å². The molecule has 0 aromatic heterocycles. The van der Waals surface area contributed by atoms with E-state index in [-0.39, 0.29) is 11.8 Å². The Morgan fingerprint density at radius 2 is 2.00 bits per heavy atom. The van der Waals surface area contributed by atoms with E-state index < -0.39 is 12.8 Å². The van der Waals surface area contributed by atoms with Crippen LogP contribution in [0, 0.1) is 17.2 Å². The number of hydrogen-bond acceptors (Lipinski definition) is 2. The first-order valence-corrected chi connectivity index (χ1v) is 5.76. The van der Waals surface area contributed by atoms with E-state index in [0.717, 1.165) is 12.8 Å². The Morgan fingerprint density at radius 1 is 1.41 bits per heavy atom. The van der Waals surface area contributed by atoms with E-state index >= 15 is 0 Å². The molecule has 0 heterocycles. The summed E-state index contributed by atoms with van der Waals surface area (Å²) in [6.45, 7) is 2.55. The van der Waals surface area contributed by atoms with Crippen molar-refractivity contribution in [1.82, 2.24) is 0 Å². The van der Waals surface area contributed by atoms with Crippen molar-refractivity contribution in [3.05, 3.63) is 11.8 Å². The van der Waals surface area contributed by atoms with Gasteiger partial charge >= 0.3 is 6.18 Å². The lowest BCUT2D eigenvalue weighted by Crippen LogP contribution is -2.17. The molecule has 0 bridgehead atoms. The molecule has 0 aromatic rings.